The summed E-state index contributed by atoms with van der Waals surface area (Å²) < 4.78 is 13.0. The van der Waals surface area contributed by atoms with Crippen LogP contribution in [0.2, 0.25) is 0 Å². The fraction of sp³-hybridized carbons (Fsp3) is 0.0175. The van der Waals surface area contributed by atoms with Crippen molar-refractivity contribution >= 4 is 49.4 Å². The third-order valence-corrected chi connectivity index (χ3v) is 11.4. The van der Waals surface area contributed by atoms with Crippen LogP contribution in [0.4, 0.5) is 0 Å². The Morgan fingerprint density at radius 1 is 0.460 bits per heavy atom. The Hall–Kier alpha value is -8.48. The third kappa shape index (κ3) is 6.90. The number of allylic oxidation sites excluding steroid dienone is 5. The zero-order valence-corrected chi connectivity index (χ0v) is 34.4. The van der Waals surface area contributed by atoms with Crippen molar-refractivity contribution in [2.75, 3.05) is 0 Å². The van der Waals surface area contributed by atoms with Gasteiger partial charge in [-0.25, -0.2) is 19.9 Å². The van der Waals surface area contributed by atoms with E-state index in [0.29, 0.717) is 28.9 Å². The first-order valence-electron chi connectivity index (χ1n) is 20.9. The molecule has 0 radical (unpaired) electrons. The minimum atomic E-state index is 0.527. The van der Waals surface area contributed by atoms with E-state index in [9.17, 15) is 0 Å². The van der Waals surface area contributed by atoms with Gasteiger partial charge in [-0.2, -0.15) is 0 Å². The van der Waals surface area contributed by atoms with E-state index in [1.165, 1.54) is 0 Å². The lowest BCUT2D eigenvalue weighted by Gasteiger charge is -2.14. The lowest BCUT2D eigenvalue weighted by Crippen LogP contribution is -2.02. The molecule has 0 aliphatic heterocycles. The summed E-state index contributed by atoms with van der Waals surface area (Å²) in [7, 11) is 0. The number of aromatic nitrogens is 4. The second-order valence-corrected chi connectivity index (χ2v) is 15.4. The molecule has 8 aromatic carbocycles. The Morgan fingerprint density at radius 3 is 1.87 bits per heavy atom. The molecule has 0 saturated heterocycles. The van der Waals surface area contributed by atoms with Gasteiger partial charge in [0.1, 0.15) is 16.7 Å². The molecule has 63 heavy (non-hydrogen) atoms. The Morgan fingerprint density at radius 2 is 1.08 bits per heavy atom. The van der Waals surface area contributed by atoms with E-state index in [-0.39, 0.29) is 0 Å². The second kappa shape index (κ2) is 15.8. The van der Waals surface area contributed by atoms with Crippen molar-refractivity contribution in [1.82, 2.24) is 19.9 Å². The number of para-hydroxylation sites is 1. The first kappa shape index (κ1) is 37.5. The average molecular weight is 811 g/mol. The highest BCUT2D eigenvalue weighted by atomic mass is 16.3. The van der Waals surface area contributed by atoms with E-state index >= 15 is 0 Å². The summed E-state index contributed by atoms with van der Waals surface area (Å²) in [6.07, 6.45) is 7.79. The van der Waals surface area contributed by atoms with E-state index in [1.54, 1.807) is 0 Å². The van der Waals surface area contributed by atoms with Crippen LogP contribution in [-0.4, -0.2) is 19.9 Å². The molecule has 0 unspecified atom stereocenters. The maximum Gasteiger partial charge on any atom is 0.227 e. The molecule has 11 rings (SSSR count). The predicted molar refractivity (Wildman–Crippen MR) is 258 cm³/mol. The number of fused-ring (bicyclic) bond motifs is 5. The van der Waals surface area contributed by atoms with E-state index in [4.69, 9.17) is 28.8 Å². The van der Waals surface area contributed by atoms with Crippen molar-refractivity contribution in [1.29, 1.82) is 0 Å². The summed E-state index contributed by atoms with van der Waals surface area (Å²) in [4.78, 5) is 19.7. The van der Waals surface area contributed by atoms with Gasteiger partial charge in [-0.15, -0.1) is 0 Å². The van der Waals surface area contributed by atoms with Crippen LogP contribution in [0.15, 0.2) is 216 Å². The van der Waals surface area contributed by atoms with Gasteiger partial charge in [0.25, 0.3) is 0 Å². The SMILES string of the molecule is C=C(/C=C\C=C/C)c1nc(-c2ccccc2)nc(-c2cccc(-c3ccc(-c4ccc(-c5ccc6oc(-c7ccccc7)nc6c5)c5c4oc4ccccc45)c4ccccc34)c2)n1. The van der Waals surface area contributed by atoms with E-state index < -0.39 is 0 Å². The van der Waals surface area contributed by atoms with Gasteiger partial charge in [-0.1, -0.05) is 164 Å². The fourth-order valence-corrected chi connectivity index (χ4v) is 8.41. The van der Waals surface area contributed by atoms with E-state index in [1.807, 2.05) is 110 Å². The Labute approximate surface area is 363 Å². The van der Waals surface area contributed by atoms with Gasteiger partial charge in [-0.3, -0.25) is 0 Å². The molecule has 3 aromatic heterocycles. The molecule has 298 valence electrons. The predicted octanol–water partition coefficient (Wildman–Crippen LogP) is 15.2. The topological polar surface area (TPSA) is 77.8 Å². The molecule has 3 heterocycles. The fourth-order valence-electron chi connectivity index (χ4n) is 8.41. The molecule has 6 nitrogen and oxygen atoms in total. The van der Waals surface area contributed by atoms with Crippen LogP contribution in [0.3, 0.4) is 0 Å². The van der Waals surface area contributed by atoms with Gasteiger partial charge in [0, 0.05) is 38.6 Å². The molecule has 0 amide bonds. The zero-order valence-electron chi connectivity index (χ0n) is 34.4. The summed E-state index contributed by atoms with van der Waals surface area (Å²) in [5, 5.41) is 4.35. The van der Waals surface area contributed by atoms with Crippen LogP contribution in [-0.2, 0) is 0 Å². The zero-order chi connectivity index (χ0) is 42.3. The van der Waals surface area contributed by atoms with Crippen molar-refractivity contribution in [3.63, 3.8) is 0 Å². The largest absolute Gasteiger partial charge is 0.455 e. The molecule has 0 N–H and O–H groups in total. The van der Waals surface area contributed by atoms with Crippen LogP contribution in [0, 0.1) is 0 Å². The summed E-state index contributed by atoms with van der Waals surface area (Å²) >= 11 is 0. The lowest BCUT2D eigenvalue weighted by molar-refractivity contribution is 0.620. The smallest absolute Gasteiger partial charge is 0.227 e. The molecule has 0 bridgehead atoms. The molecule has 0 saturated carbocycles. The first-order valence-corrected chi connectivity index (χ1v) is 20.9. The number of hydrogen-bond acceptors (Lipinski definition) is 6. The van der Waals surface area contributed by atoms with Crippen LogP contribution >= 0.6 is 0 Å². The summed E-state index contributed by atoms with van der Waals surface area (Å²) in [6, 6.07) is 60.3. The monoisotopic (exact) mass is 810 g/mol. The summed E-state index contributed by atoms with van der Waals surface area (Å²) in [5.41, 5.74) is 13.0. The standard InChI is InChI=1S/C57H38N4O2/c1-3-4-7-17-36(2)54-59-55(37-18-8-5-9-19-37)61-56(60-54)41-23-16-22-39(34-41)42-29-31-46(45-25-13-12-24-44(42)45)47-32-30-43(52-48-26-14-15-27-50(48)62-53(47)52)40-28-33-51-49(35-40)58-57(63-51)38-20-10-6-11-21-38/h3-35H,2H2,1H3/b4-3-,17-7-. The van der Waals surface area contributed by atoms with E-state index in [2.05, 4.69) is 104 Å². The highest BCUT2D eigenvalue weighted by Crippen LogP contribution is 2.45. The highest BCUT2D eigenvalue weighted by molar-refractivity contribution is 6.18. The minimum Gasteiger partial charge on any atom is -0.455 e. The highest BCUT2D eigenvalue weighted by Gasteiger charge is 2.21. The van der Waals surface area contributed by atoms with Gasteiger partial charge in [0.05, 0.1) is 0 Å². The summed E-state index contributed by atoms with van der Waals surface area (Å²) in [5.74, 6) is 2.30. The van der Waals surface area contributed by atoms with E-state index in [0.717, 1.165) is 93.9 Å². The number of furan rings is 1. The van der Waals surface area contributed by atoms with Crippen LogP contribution in [0.25, 0.3) is 117 Å². The molecule has 0 fully saturated rings. The minimum absolute atomic E-state index is 0.527. The maximum absolute atomic E-state index is 6.81. The molecular formula is C57H38N4O2. The van der Waals surface area contributed by atoms with Gasteiger partial charge in [-0.05, 0) is 88.0 Å². The van der Waals surface area contributed by atoms with Crippen molar-refractivity contribution in [3.8, 4) is 67.6 Å². The molecule has 0 spiro atoms. The van der Waals surface area contributed by atoms with Gasteiger partial charge in [0.15, 0.2) is 23.1 Å². The van der Waals surface area contributed by atoms with Crippen LogP contribution < -0.4 is 0 Å². The molecule has 0 atom stereocenters. The molecule has 0 aliphatic carbocycles. The first-order chi connectivity index (χ1) is 31.1. The molecule has 0 aliphatic rings. The molecule has 11 aromatic rings. The van der Waals surface area contributed by atoms with Crippen LogP contribution in [0.1, 0.15) is 12.7 Å². The van der Waals surface area contributed by atoms with Crippen molar-refractivity contribution in [3.05, 3.63) is 213 Å². The quantitative estimate of drug-likeness (QED) is 0.135. The Kier molecular flexibility index (Phi) is 9.44. The van der Waals surface area contributed by atoms with Gasteiger partial charge < -0.3 is 8.83 Å². The second-order valence-electron chi connectivity index (χ2n) is 15.4. The van der Waals surface area contributed by atoms with Gasteiger partial charge in [0.2, 0.25) is 5.89 Å². The van der Waals surface area contributed by atoms with Gasteiger partial charge >= 0.3 is 0 Å². The number of hydrogen-bond donors (Lipinski definition) is 0. The lowest BCUT2D eigenvalue weighted by atomic mass is 9.89. The number of rotatable bonds is 9. The van der Waals surface area contributed by atoms with Crippen molar-refractivity contribution in [2.45, 2.75) is 6.92 Å². The molecular weight excluding hydrogens is 773 g/mol. The van der Waals surface area contributed by atoms with Crippen molar-refractivity contribution in [2.24, 2.45) is 0 Å². The average Bonchev–Trinajstić information content (AvgIpc) is 3.96. The number of oxazole rings is 1. The Balaban J connectivity index is 1.02. The number of benzene rings is 8. The van der Waals surface area contributed by atoms with Crippen LogP contribution in [0.5, 0.6) is 0 Å². The number of nitrogens with zero attached hydrogens (tertiary/aromatic N) is 4. The van der Waals surface area contributed by atoms with Crippen molar-refractivity contribution < 1.29 is 8.83 Å². The Bertz CT molecular complexity index is 3600. The molecule has 6 heteroatoms. The summed E-state index contributed by atoms with van der Waals surface area (Å²) in [6.45, 7) is 6.26. The third-order valence-electron chi connectivity index (χ3n) is 11.4. The maximum atomic E-state index is 6.81. The normalized spacial score (nSPS) is 11.8.